The second-order valence-electron chi connectivity index (χ2n) is 7.71. The van der Waals surface area contributed by atoms with E-state index in [9.17, 15) is 14.0 Å². The van der Waals surface area contributed by atoms with Gasteiger partial charge in [0.1, 0.15) is 5.82 Å². The minimum Gasteiger partial charge on any atom is -0.348 e. The quantitative estimate of drug-likeness (QED) is 0.790. The molecule has 1 atom stereocenters. The van der Waals surface area contributed by atoms with Gasteiger partial charge in [0.15, 0.2) is 0 Å². The molecule has 148 valence electrons. The van der Waals surface area contributed by atoms with E-state index in [1.807, 2.05) is 37.3 Å². The number of amides is 2. The van der Waals surface area contributed by atoms with Gasteiger partial charge < -0.3 is 9.80 Å². The SMILES string of the molecule is CCC(=O)N1CC[C@](Cc2ccccc2-c2ccccc2F)(C(=O)N(C)C)C1. The maximum atomic E-state index is 14.4. The Kier molecular flexibility index (Phi) is 5.82. The minimum atomic E-state index is -0.685. The van der Waals surface area contributed by atoms with Crippen molar-refractivity contribution >= 4 is 11.8 Å². The van der Waals surface area contributed by atoms with E-state index in [1.54, 1.807) is 36.0 Å². The molecule has 3 rings (SSSR count). The third-order valence-electron chi connectivity index (χ3n) is 5.58. The molecule has 0 spiro atoms. The Balaban J connectivity index is 2.01. The van der Waals surface area contributed by atoms with Gasteiger partial charge in [0.2, 0.25) is 11.8 Å². The van der Waals surface area contributed by atoms with Crippen molar-refractivity contribution in [3.63, 3.8) is 0 Å². The summed E-state index contributed by atoms with van der Waals surface area (Å²) in [5, 5.41) is 0. The van der Waals surface area contributed by atoms with E-state index in [4.69, 9.17) is 0 Å². The second kappa shape index (κ2) is 8.13. The molecule has 1 aliphatic heterocycles. The summed E-state index contributed by atoms with van der Waals surface area (Å²) in [7, 11) is 3.49. The highest BCUT2D eigenvalue weighted by Crippen LogP contribution is 2.39. The summed E-state index contributed by atoms with van der Waals surface area (Å²) in [6, 6.07) is 14.3. The monoisotopic (exact) mass is 382 g/mol. The van der Waals surface area contributed by atoms with Gasteiger partial charge in [0.25, 0.3) is 0 Å². The van der Waals surface area contributed by atoms with Crippen molar-refractivity contribution in [2.24, 2.45) is 5.41 Å². The highest BCUT2D eigenvalue weighted by Gasteiger charge is 2.46. The molecule has 0 saturated carbocycles. The topological polar surface area (TPSA) is 40.6 Å². The highest BCUT2D eigenvalue weighted by atomic mass is 19.1. The van der Waals surface area contributed by atoms with Gasteiger partial charge in [-0.1, -0.05) is 49.4 Å². The lowest BCUT2D eigenvalue weighted by Crippen LogP contribution is -2.44. The number of benzene rings is 2. The minimum absolute atomic E-state index is 0.0160. The lowest BCUT2D eigenvalue weighted by molar-refractivity contribution is -0.139. The molecule has 0 N–H and O–H groups in total. The fourth-order valence-electron chi connectivity index (χ4n) is 4.16. The molecule has 0 unspecified atom stereocenters. The van der Waals surface area contributed by atoms with Crippen LogP contribution in [-0.4, -0.2) is 48.8 Å². The van der Waals surface area contributed by atoms with Gasteiger partial charge in [-0.2, -0.15) is 0 Å². The van der Waals surface area contributed by atoms with Gasteiger partial charge in [-0.25, -0.2) is 4.39 Å². The van der Waals surface area contributed by atoms with Crippen LogP contribution in [0.4, 0.5) is 4.39 Å². The van der Waals surface area contributed by atoms with E-state index >= 15 is 0 Å². The largest absolute Gasteiger partial charge is 0.348 e. The third kappa shape index (κ3) is 3.79. The van der Waals surface area contributed by atoms with Crippen LogP contribution >= 0.6 is 0 Å². The maximum Gasteiger partial charge on any atom is 0.230 e. The Morgan fingerprint density at radius 3 is 2.36 bits per heavy atom. The first-order valence-electron chi connectivity index (χ1n) is 9.70. The first-order chi connectivity index (χ1) is 13.4. The van der Waals surface area contributed by atoms with Crippen molar-refractivity contribution in [3.05, 3.63) is 59.9 Å². The molecule has 0 aliphatic carbocycles. The van der Waals surface area contributed by atoms with Crippen LogP contribution in [-0.2, 0) is 16.0 Å². The Labute approximate surface area is 166 Å². The number of hydrogen-bond donors (Lipinski definition) is 0. The number of hydrogen-bond acceptors (Lipinski definition) is 2. The molecule has 28 heavy (non-hydrogen) atoms. The molecule has 1 aliphatic rings. The third-order valence-corrected chi connectivity index (χ3v) is 5.58. The van der Waals surface area contributed by atoms with Crippen LogP contribution in [0.3, 0.4) is 0 Å². The Morgan fingerprint density at radius 1 is 1.07 bits per heavy atom. The van der Waals surface area contributed by atoms with E-state index < -0.39 is 5.41 Å². The van der Waals surface area contributed by atoms with E-state index in [2.05, 4.69) is 0 Å². The summed E-state index contributed by atoms with van der Waals surface area (Å²) in [6.07, 6.45) is 1.52. The van der Waals surface area contributed by atoms with Crippen LogP contribution < -0.4 is 0 Å². The second-order valence-corrected chi connectivity index (χ2v) is 7.71. The number of likely N-dealkylation sites (tertiary alicyclic amines) is 1. The van der Waals surface area contributed by atoms with Crippen molar-refractivity contribution in [1.82, 2.24) is 9.80 Å². The van der Waals surface area contributed by atoms with Crippen LogP contribution in [0.1, 0.15) is 25.3 Å². The number of halogens is 1. The molecular formula is C23H27FN2O2. The van der Waals surface area contributed by atoms with Crippen LogP contribution in [0.5, 0.6) is 0 Å². The van der Waals surface area contributed by atoms with Crippen molar-refractivity contribution in [2.75, 3.05) is 27.2 Å². The zero-order chi connectivity index (χ0) is 20.3. The smallest absolute Gasteiger partial charge is 0.230 e. The molecule has 4 nitrogen and oxygen atoms in total. The van der Waals surface area contributed by atoms with Crippen LogP contribution in [0, 0.1) is 11.2 Å². The number of carbonyl (C=O) groups is 2. The first kappa shape index (κ1) is 20.1. The average Bonchev–Trinajstić information content (AvgIpc) is 3.13. The van der Waals surface area contributed by atoms with E-state index in [0.29, 0.717) is 37.9 Å². The Bertz CT molecular complexity index is 880. The molecule has 2 aromatic rings. The predicted molar refractivity (Wildman–Crippen MR) is 108 cm³/mol. The van der Waals surface area contributed by atoms with Crippen molar-refractivity contribution in [1.29, 1.82) is 0 Å². The molecule has 5 heteroatoms. The maximum absolute atomic E-state index is 14.4. The molecule has 1 saturated heterocycles. The summed E-state index contributed by atoms with van der Waals surface area (Å²) in [5.41, 5.74) is 1.57. The van der Waals surface area contributed by atoms with Crippen molar-refractivity contribution in [2.45, 2.75) is 26.2 Å². The molecule has 2 aromatic carbocycles. The molecule has 1 fully saturated rings. The number of nitrogens with zero attached hydrogens (tertiary/aromatic N) is 2. The lowest BCUT2D eigenvalue weighted by Gasteiger charge is -2.32. The first-order valence-corrected chi connectivity index (χ1v) is 9.70. The van der Waals surface area contributed by atoms with Gasteiger partial charge in [0.05, 0.1) is 5.41 Å². The van der Waals surface area contributed by atoms with Crippen LogP contribution in [0.2, 0.25) is 0 Å². The molecule has 2 amide bonds. The van der Waals surface area contributed by atoms with Gasteiger partial charge >= 0.3 is 0 Å². The zero-order valence-electron chi connectivity index (χ0n) is 16.7. The average molecular weight is 382 g/mol. The lowest BCUT2D eigenvalue weighted by atomic mass is 9.77. The number of carbonyl (C=O) groups excluding carboxylic acids is 2. The van der Waals surface area contributed by atoms with Crippen LogP contribution in [0.15, 0.2) is 48.5 Å². The predicted octanol–water partition coefficient (Wildman–Crippen LogP) is 3.75. The molecule has 0 bridgehead atoms. The normalized spacial score (nSPS) is 18.9. The van der Waals surface area contributed by atoms with Gasteiger partial charge in [-0.3, -0.25) is 9.59 Å². The summed E-state index contributed by atoms with van der Waals surface area (Å²) < 4.78 is 14.4. The zero-order valence-corrected chi connectivity index (χ0v) is 16.7. The van der Waals surface area contributed by atoms with Crippen molar-refractivity contribution in [3.8, 4) is 11.1 Å². The summed E-state index contributed by atoms with van der Waals surface area (Å²) in [4.78, 5) is 28.8. The Morgan fingerprint density at radius 2 is 1.71 bits per heavy atom. The summed E-state index contributed by atoms with van der Waals surface area (Å²) >= 11 is 0. The fraction of sp³-hybridized carbons (Fsp3) is 0.391. The summed E-state index contributed by atoms with van der Waals surface area (Å²) in [5.74, 6) is -0.199. The van der Waals surface area contributed by atoms with Crippen LogP contribution in [0.25, 0.3) is 11.1 Å². The van der Waals surface area contributed by atoms with Gasteiger partial charge in [-0.05, 0) is 30.0 Å². The molecule has 1 heterocycles. The molecule has 0 radical (unpaired) electrons. The fourth-order valence-corrected chi connectivity index (χ4v) is 4.16. The Hall–Kier alpha value is -2.69. The van der Waals surface area contributed by atoms with E-state index in [-0.39, 0.29) is 17.6 Å². The number of rotatable bonds is 5. The van der Waals surface area contributed by atoms with Crippen molar-refractivity contribution < 1.29 is 14.0 Å². The van der Waals surface area contributed by atoms with Gasteiger partial charge in [-0.15, -0.1) is 0 Å². The van der Waals surface area contributed by atoms with E-state index in [0.717, 1.165) is 11.1 Å². The van der Waals surface area contributed by atoms with Gasteiger partial charge in [0, 0.05) is 39.2 Å². The standard InChI is InChI=1S/C23H27FN2O2/c1-4-21(27)26-14-13-23(16-26,22(28)25(2)3)15-17-9-5-6-10-18(17)19-11-7-8-12-20(19)24/h5-12H,4,13-16H2,1-3H3/t23-/m1/s1. The summed E-state index contributed by atoms with van der Waals surface area (Å²) in [6.45, 7) is 2.82. The van der Waals surface area contributed by atoms with E-state index in [1.165, 1.54) is 6.07 Å². The highest BCUT2D eigenvalue weighted by molar-refractivity contribution is 5.86. The molecular weight excluding hydrogens is 355 g/mol. The molecule has 0 aromatic heterocycles.